The van der Waals surface area contributed by atoms with Crippen LogP contribution in [0.2, 0.25) is 0 Å². The smallest absolute Gasteiger partial charge is 0.251 e. The summed E-state index contributed by atoms with van der Waals surface area (Å²) in [6.07, 6.45) is 0.0934. The van der Waals surface area contributed by atoms with E-state index in [0.717, 1.165) is 0 Å². The first-order valence-electron chi connectivity index (χ1n) is 5.30. The minimum Gasteiger partial charge on any atom is -0.508 e. The van der Waals surface area contributed by atoms with E-state index in [1.807, 2.05) is 6.92 Å². The van der Waals surface area contributed by atoms with Crippen molar-refractivity contribution < 1.29 is 15.0 Å². The van der Waals surface area contributed by atoms with Gasteiger partial charge in [0.2, 0.25) is 0 Å². The molecule has 0 spiro atoms. The van der Waals surface area contributed by atoms with E-state index in [-0.39, 0.29) is 18.2 Å². The number of nitrogens with one attached hydrogen (secondary N) is 1. The molecule has 0 aromatic heterocycles. The summed E-state index contributed by atoms with van der Waals surface area (Å²) in [6, 6.07) is 4.57. The lowest BCUT2D eigenvalue weighted by Crippen LogP contribution is -2.32. The Morgan fingerprint density at radius 1 is 1.50 bits per heavy atom. The van der Waals surface area contributed by atoms with Crippen LogP contribution in [0.1, 0.15) is 29.3 Å². The number of carbonyl (C=O) groups excluding carboxylic acids is 1. The zero-order valence-electron chi connectivity index (χ0n) is 9.53. The molecule has 1 aromatic rings. The van der Waals surface area contributed by atoms with Gasteiger partial charge in [-0.05, 0) is 37.1 Å². The molecule has 1 unspecified atom stereocenters. The molecule has 0 radical (unpaired) electrons. The zero-order valence-corrected chi connectivity index (χ0v) is 9.53. The van der Waals surface area contributed by atoms with Crippen LogP contribution >= 0.6 is 0 Å². The quantitative estimate of drug-likeness (QED) is 0.718. The predicted molar refractivity (Wildman–Crippen MR) is 61.5 cm³/mol. The van der Waals surface area contributed by atoms with Crippen molar-refractivity contribution in [2.45, 2.75) is 26.4 Å². The fourth-order valence-corrected chi connectivity index (χ4v) is 1.35. The fourth-order valence-electron chi connectivity index (χ4n) is 1.35. The Morgan fingerprint density at radius 2 is 2.19 bits per heavy atom. The second-order valence-corrected chi connectivity index (χ2v) is 3.77. The summed E-state index contributed by atoms with van der Waals surface area (Å²) in [7, 11) is 0. The Kier molecular flexibility index (Phi) is 4.31. The van der Waals surface area contributed by atoms with Crippen LogP contribution in [0.5, 0.6) is 5.75 Å². The number of aromatic hydroxyl groups is 1. The van der Waals surface area contributed by atoms with Crippen molar-refractivity contribution in [1.29, 1.82) is 0 Å². The third-order valence-electron chi connectivity index (χ3n) is 2.42. The average Bonchev–Trinajstić information content (AvgIpc) is 2.25. The van der Waals surface area contributed by atoms with E-state index in [4.69, 9.17) is 0 Å². The summed E-state index contributed by atoms with van der Waals surface area (Å²) in [5, 5.41) is 21.2. The van der Waals surface area contributed by atoms with Gasteiger partial charge in [0, 0.05) is 12.1 Å². The van der Waals surface area contributed by atoms with Crippen molar-refractivity contribution in [3.8, 4) is 5.75 Å². The Bertz CT molecular complexity index is 377. The van der Waals surface area contributed by atoms with Crippen LogP contribution in [0, 0.1) is 6.92 Å². The molecule has 0 fully saturated rings. The number of phenolic OH excluding ortho intramolecular Hbond substituents is 1. The summed E-state index contributed by atoms with van der Waals surface area (Å²) in [6.45, 7) is 3.85. The maximum absolute atomic E-state index is 11.7. The van der Waals surface area contributed by atoms with Crippen molar-refractivity contribution >= 4 is 5.91 Å². The van der Waals surface area contributed by atoms with Gasteiger partial charge in [0.25, 0.3) is 5.91 Å². The van der Waals surface area contributed by atoms with Crippen LogP contribution in [-0.4, -0.2) is 28.8 Å². The molecule has 0 aliphatic heterocycles. The molecule has 1 aromatic carbocycles. The third kappa shape index (κ3) is 3.24. The molecule has 1 atom stereocenters. The van der Waals surface area contributed by atoms with Crippen molar-refractivity contribution in [2.24, 2.45) is 0 Å². The van der Waals surface area contributed by atoms with Gasteiger partial charge in [0.05, 0.1) is 6.10 Å². The van der Waals surface area contributed by atoms with Crippen LogP contribution in [0.25, 0.3) is 0 Å². The summed E-state index contributed by atoms with van der Waals surface area (Å²) < 4.78 is 0. The van der Waals surface area contributed by atoms with Gasteiger partial charge in [-0.1, -0.05) is 6.92 Å². The van der Waals surface area contributed by atoms with E-state index in [2.05, 4.69) is 5.32 Å². The van der Waals surface area contributed by atoms with Gasteiger partial charge >= 0.3 is 0 Å². The lowest BCUT2D eigenvalue weighted by molar-refractivity contribution is 0.0913. The maximum Gasteiger partial charge on any atom is 0.251 e. The number of hydrogen-bond donors (Lipinski definition) is 3. The highest BCUT2D eigenvalue weighted by atomic mass is 16.3. The summed E-state index contributed by atoms with van der Waals surface area (Å²) in [4.78, 5) is 11.7. The number of aliphatic hydroxyl groups is 1. The van der Waals surface area contributed by atoms with Gasteiger partial charge in [-0.2, -0.15) is 0 Å². The number of aryl methyl sites for hydroxylation is 1. The van der Waals surface area contributed by atoms with Gasteiger partial charge < -0.3 is 15.5 Å². The Morgan fingerprint density at radius 3 is 2.75 bits per heavy atom. The zero-order chi connectivity index (χ0) is 12.1. The van der Waals surface area contributed by atoms with Crippen LogP contribution in [0.15, 0.2) is 18.2 Å². The number of hydrogen-bond acceptors (Lipinski definition) is 3. The van der Waals surface area contributed by atoms with E-state index in [0.29, 0.717) is 17.5 Å². The molecule has 1 rings (SSSR count). The number of rotatable bonds is 4. The van der Waals surface area contributed by atoms with E-state index in [1.165, 1.54) is 12.1 Å². The fraction of sp³-hybridized carbons (Fsp3) is 0.417. The molecule has 0 aliphatic carbocycles. The molecule has 0 saturated heterocycles. The van der Waals surface area contributed by atoms with Crippen LogP contribution < -0.4 is 5.32 Å². The summed E-state index contributed by atoms with van der Waals surface area (Å²) in [5.41, 5.74) is 1.23. The molecular weight excluding hydrogens is 206 g/mol. The molecule has 0 saturated carbocycles. The van der Waals surface area contributed by atoms with Gasteiger partial charge in [-0.15, -0.1) is 0 Å². The monoisotopic (exact) mass is 223 g/mol. The molecule has 3 N–H and O–H groups in total. The van der Waals surface area contributed by atoms with Crippen molar-refractivity contribution in [3.05, 3.63) is 29.3 Å². The Labute approximate surface area is 94.9 Å². The van der Waals surface area contributed by atoms with E-state index >= 15 is 0 Å². The van der Waals surface area contributed by atoms with Gasteiger partial charge in [0.1, 0.15) is 5.75 Å². The summed E-state index contributed by atoms with van der Waals surface area (Å²) >= 11 is 0. The number of aliphatic hydroxyl groups excluding tert-OH is 1. The lowest BCUT2D eigenvalue weighted by Gasteiger charge is -2.11. The molecule has 1 amide bonds. The minimum atomic E-state index is -0.513. The van der Waals surface area contributed by atoms with Crippen molar-refractivity contribution in [2.75, 3.05) is 6.54 Å². The first kappa shape index (κ1) is 12.5. The molecule has 4 nitrogen and oxygen atoms in total. The highest BCUT2D eigenvalue weighted by Gasteiger charge is 2.10. The molecular formula is C12H17NO3. The number of benzene rings is 1. The minimum absolute atomic E-state index is 0.141. The largest absolute Gasteiger partial charge is 0.508 e. The third-order valence-corrected chi connectivity index (χ3v) is 2.42. The van der Waals surface area contributed by atoms with Crippen LogP contribution in [0.4, 0.5) is 0 Å². The van der Waals surface area contributed by atoms with Gasteiger partial charge in [-0.3, -0.25) is 4.79 Å². The molecule has 0 bridgehead atoms. The average molecular weight is 223 g/mol. The second kappa shape index (κ2) is 5.51. The van der Waals surface area contributed by atoms with E-state index in [1.54, 1.807) is 13.0 Å². The van der Waals surface area contributed by atoms with E-state index in [9.17, 15) is 15.0 Å². The topological polar surface area (TPSA) is 69.6 Å². The first-order valence-corrected chi connectivity index (χ1v) is 5.30. The Hall–Kier alpha value is -1.55. The standard InChI is InChI=1S/C12H17NO3/c1-3-9(14)7-13-12(16)11-5-4-10(15)6-8(11)2/h4-6,9,14-15H,3,7H2,1-2H3,(H,13,16). The first-order chi connectivity index (χ1) is 7.54. The van der Waals surface area contributed by atoms with E-state index < -0.39 is 6.10 Å². The van der Waals surface area contributed by atoms with Crippen LogP contribution in [-0.2, 0) is 0 Å². The maximum atomic E-state index is 11.7. The van der Waals surface area contributed by atoms with Gasteiger partial charge in [-0.25, -0.2) is 0 Å². The number of carbonyl (C=O) groups is 1. The van der Waals surface area contributed by atoms with Gasteiger partial charge in [0.15, 0.2) is 0 Å². The number of amides is 1. The highest BCUT2D eigenvalue weighted by Crippen LogP contribution is 2.15. The summed E-state index contributed by atoms with van der Waals surface area (Å²) in [5.74, 6) is -0.0901. The van der Waals surface area contributed by atoms with Crippen LogP contribution in [0.3, 0.4) is 0 Å². The number of phenols is 1. The molecule has 16 heavy (non-hydrogen) atoms. The SMILES string of the molecule is CCC(O)CNC(=O)c1ccc(O)cc1C. The molecule has 4 heteroatoms. The molecule has 0 heterocycles. The molecule has 0 aliphatic rings. The second-order valence-electron chi connectivity index (χ2n) is 3.77. The Balaban J connectivity index is 2.66. The normalized spacial score (nSPS) is 12.2. The molecule has 88 valence electrons. The van der Waals surface area contributed by atoms with Crippen molar-refractivity contribution in [3.63, 3.8) is 0 Å². The van der Waals surface area contributed by atoms with Crippen molar-refractivity contribution in [1.82, 2.24) is 5.32 Å². The highest BCUT2D eigenvalue weighted by molar-refractivity contribution is 5.95. The predicted octanol–water partition coefficient (Wildman–Crippen LogP) is 1.20. The lowest BCUT2D eigenvalue weighted by atomic mass is 10.1.